The number of nitrogens with zero attached hydrogens (tertiary/aromatic N) is 1. The summed E-state index contributed by atoms with van der Waals surface area (Å²) in [7, 11) is 0. The van der Waals surface area contributed by atoms with Gasteiger partial charge in [0.1, 0.15) is 17.3 Å². The van der Waals surface area contributed by atoms with Crippen molar-refractivity contribution in [2.24, 2.45) is 0 Å². The first-order chi connectivity index (χ1) is 9.72. The minimum absolute atomic E-state index is 0.110. The van der Waals surface area contributed by atoms with E-state index in [1.54, 1.807) is 18.5 Å². The summed E-state index contributed by atoms with van der Waals surface area (Å²) in [5.74, 6) is 2.27. The van der Waals surface area contributed by atoms with Crippen molar-refractivity contribution in [2.75, 3.05) is 0 Å². The van der Waals surface area contributed by atoms with Crippen molar-refractivity contribution in [3.05, 3.63) is 53.1 Å². The molecule has 0 aliphatic heterocycles. The lowest BCUT2D eigenvalue weighted by Crippen LogP contribution is -2.22. The average molecular weight is 287 g/mol. The normalized spacial score (nSPS) is 10.7. The lowest BCUT2D eigenvalue weighted by atomic mass is 10.3. The van der Waals surface area contributed by atoms with Crippen LogP contribution in [0.2, 0.25) is 0 Å². The van der Waals surface area contributed by atoms with Crippen LogP contribution in [-0.4, -0.2) is 15.9 Å². The fourth-order valence-electron chi connectivity index (χ4n) is 1.81. The van der Waals surface area contributed by atoms with E-state index in [0.717, 1.165) is 22.2 Å². The summed E-state index contributed by atoms with van der Waals surface area (Å²) < 4.78 is 5.55. The Balaban J connectivity index is 1.68. The fraction of sp³-hybridized carbons (Fsp3) is 0.143. The average Bonchev–Trinajstić information content (AvgIpc) is 3.16. The molecule has 3 heterocycles. The maximum atomic E-state index is 12.0. The van der Waals surface area contributed by atoms with E-state index in [0.29, 0.717) is 11.4 Å². The van der Waals surface area contributed by atoms with Crippen LogP contribution in [0.4, 0.5) is 0 Å². The molecule has 0 aliphatic rings. The highest BCUT2D eigenvalue weighted by molar-refractivity contribution is 7.17. The molecule has 0 saturated carbocycles. The quantitative estimate of drug-likeness (QED) is 0.775. The second-order valence-electron chi connectivity index (χ2n) is 4.29. The molecule has 0 aromatic carbocycles. The Kier molecular flexibility index (Phi) is 3.39. The van der Waals surface area contributed by atoms with Crippen LogP contribution >= 0.6 is 11.3 Å². The summed E-state index contributed by atoms with van der Waals surface area (Å²) in [6, 6.07) is 7.51. The number of nitrogens with one attached hydrogen (secondary N) is 2. The Labute approximate surface area is 119 Å². The molecule has 3 aromatic heterocycles. The van der Waals surface area contributed by atoms with Crippen LogP contribution in [0.25, 0.3) is 10.6 Å². The number of furan rings is 1. The smallest absolute Gasteiger partial charge is 0.261 e. The van der Waals surface area contributed by atoms with E-state index in [9.17, 15) is 4.79 Å². The zero-order valence-corrected chi connectivity index (χ0v) is 11.7. The molecule has 0 fully saturated rings. The van der Waals surface area contributed by atoms with E-state index in [2.05, 4.69) is 15.3 Å². The van der Waals surface area contributed by atoms with Gasteiger partial charge in [-0.15, -0.1) is 11.3 Å². The first-order valence-electron chi connectivity index (χ1n) is 6.15. The summed E-state index contributed by atoms with van der Waals surface area (Å²) in [6.07, 6.45) is 3.38. The van der Waals surface area contributed by atoms with Gasteiger partial charge in [0, 0.05) is 12.4 Å². The molecule has 0 bridgehead atoms. The molecule has 6 heteroatoms. The third-order valence-electron chi connectivity index (χ3n) is 2.78. The molecule has 3 aromatic rings. The number of hydrogen-bond acceptors (Lipinski definition) is 4. The van der Waals surface area contributed by atoms with Crippen molar-refractivity contribution in [2.45, 2.75) is 13.5 Å². The largest absolute Gasteiger partial charge is 0.461 e. The number of H-pyrrole nitrogens is 1. The van der Waals surface area contributed by atoms with Crippen LogP contribution in [-0.2, 0) is 6.54 Å². The van der Waals surface area contributed by atoms with Crippen LogP contribution in [0.15, 0.2) is 41.1 Å². The molecule has 0 saturated heterocycles. The summed E-state index contributed by atoms with van der Waals surface area (Å²) in [6.45, 7) is 2.28. The Morgan fingerprint density at radius 1 is 1.40 bits per heavy atom. The molecule has 0 radical (unpaired) electrons. The molecule has 102 valence electrons. The van der Waals surface area contributed by atoms with Gasteiger partial charge in [-0.1, -0.05) is 0 Å². The Bertz CT molecular complexity index is 712. The van der Waals surface area contributed by atoms with Gasteiger partial charge < -0.3 is 14.7 Å². The van der Waals surface area contributed by atoms with E-state index >= 15 is 0 Å². The third kappa shape index (κ3) is 2.65. The van der Waals surface area contributed by atoms with Crippen molar-refractivity contribution in [1.29, 1.82) is 0 Å². The van der Waals surface area contributed by atoms with Gasteiger partial charge in [0.25, 0.3) is 5.91 Å². The SMILES string of the molecule is Cc1ccc(-c2ccc(C(=O)NCc3ncc[nH]3)s2)o1. The number of hydrogen-bond donors (Lipinski definition) is 2. The molecule has 0 atom stereocenters. The monoisotopic (exact) mass is 287 g/mol. The van der Waals surface area contributed by atoms with Crippen LogP contribution in [0.5, 0.6) is 0 Å². The number of carbonyl (C=O) groups is 1. The maximum absolute atomic E-state index is 12.0. The van der Waals surface area contributed by atoms with Gasteiger partial charge in [-0.2, -0.15) is 0 Å². The third-order valence-corrected chi connectivity index (χ3v) is 3.88. The lowest BCUT2D eigenvalue weighted by Gasteiger charge is -2.00. The van der Waals surface area contributed by atoms with Crippen molar-refractivity contribution in [1.82, 2.24) is 15.3 Å². The Morgan fingerprint density at radius 2 is 2.30 bits per heavy atom. The zero-order valence-electron chi connectivity index (χ0n) is 10.8. The van der Waals surface area contributed by atoms with E-state index in [4.69, 9.17) is 4.42 Å². The number of thiophene rings is 1. The summed E-state index contributed by atoms with van der Waals surface area (Å²) in [4.78, 5) is 20.6. The molecule has 1 amide bonds. The topological polar surface area (TPSA) is 70.9 Å². The van der Waals surface area contributed by atoms with Gasteiger partial charge in [-0.25, -0.2) is 4.98 Å². The van der Waals surface area contributed by atoms with Crippen molar-refractivity contribution in [3.63, 3.8) is 0 Å². The molecule has 20 heavy (non-hydrogen) atoms. The number of imidazole rings is 1. The highest BCUT2D eigenvalue weighted by atomic mass is 32.1. The van der Waals surface area contributed by atoms with Crippen LogP contribution in [0.3, 0.4) is 0 Å². The summed E-state index contributed by atoms with van der Waals surface area (Å²) in [5, 5.41) is 2.82. The second kappa shape index (κ2) is 5.34. The molecular weight excluding hydrogens is 274 g/mol. The van der Waals surface area contributed by atoms with Crippen molar-refractivity contribution < 1.29 is 9.21 Å². The minimum atomic E-state index is -0.110. The van der Waals surface area contributed by atoms with Gasteiger partial charge in [-0.05, 0) is 31.2 Å². The number of carbonyl (C=O) groups excluding carboxylic acids is 1. The van der Waals surface area contributed by atoms with Crippen molar-refractivity contribution in [3.8, 4) is 10.6 Å². The lowest BCUT2D eigenvalue weighted by molar-refractivity contribution is 0.0954. The molecule has 2 N–H and O–H groups in total. The van der Waals surface area contributed by atoms with E-state index in [1.165, 1.54) is 11.3 Å². The first-order valence-corrected chi connectivity index (χ1v) is 6.97. The molecule has 3 rings (SSSR count). The zero-order chi connectivity index (χ0) is 13.9. The highest BCUT2D eigenvalue weighted by Gasteiger charge is 2.12. The van der Waals surface area contributed by atoms with Gasteiger partial charge in [0.15, 0.2) is 0 Å². The Hall–Kier alpha value is -2.34. The van der Waals surface area contributed by atoms with Gasteiger partial charge in [0.2, 0.25) is 0 Å². The van der Waals surface area contributed by atoms with Crippen LogP contribution < -0.4 is 5.32 Å². The Morgan fingerprint density at radius 3 is 3.00 bits per heavy atom. The number of aromatic nitrogens is 2. The second-order valence-corrected chi connectivity index (χ2v) is 5.38. The highest BCUT2D eigenvalue weighted by Crippen LogP contribution is 2.29. The maximum Gasteiger partial charge on any atom is 0.261 e. The molecule has 0 aliphatic carbocycles. The van der Waals surface area contributed by atoms with Gasteiger partial charge in [0.05, 0.1) is 16.3 Å². The summed E-state index contributed by atoms with van der Waals surface area (Å²) >= 11 is 1.41. The van der Waals surface area contributed by atoms with E-state index in [-0.39, 0.29) is 5.91 Å². The predicted molar refractivity (Wildman–Crippen MR) is 76.5 cm³/mol. The standard InChI is InChI=1S/C14H13N3O2S/c1-9-2-3-10(19-9)11-4-5-12(20-11)14(18)17-8-13-15-6-7-16-13/h2-7H,8H2,1H3,(H,15,16)(H,17,18). The summed E-state index contributed by atoms with van der Waals surface area (Å²) in [5.41, 5.74) is 0. The molecular formula is C14H13N3O2S. The number of amides is 1. The first kappa shape index (κ1) is 12.7. The molecule has 5 nitrogen and oxygen atoms in total. The van der Waals surface area contributed by atoms with E-state index < -0.39 is 0 Å². The fourth-order valence-corrected chi connectivity index (χ4v) is 2.69. The van der Waals surface area contributed by atoms with Crippen LogP contribution in [0, 0.1) is 6.92 Å². The van der Waals surface area contributed by atoms with Gasteiger partial charge >= 0.3 is 0 Å². The number of aryl methyl sites for hydroxylation is 1. The number of rotatable bonds is 4. The van der Waals surface area contributed by atoms with Crippen molar-refractivity contribution >= 4 is 17.2 Å². The van der Waals surface area contributed by atoms with E-state index in [1.807, 2.05) is 25.1 Å². The van der Waals surface area contributed by atoms with Crippen LogP contribution in [0.1, 0.15) is 21.3 Å². The molecule has 0 unspecified atom stereocenters. The van der Waals surface area contributed by atoms with Gasteiger partial charge in [-0.3, -0.25) is 4.79 Å². The predicted octanol–water partition coefficient (Wildman–Crippen LogP) is 2.97. The minimum Gasteiger partial charge on any atom is -0.461 e. The molecule has 0 spiro atoms. The number of aromatic amines is 1.